The van der Waals surface area contributed by atoms with Gasteiger partial charge in [-0.05, 0) is 102 Å². The predicted molar refractivity (Wildman–Crippen MR) is 180 cm³/mol. The minimum atomic E-state index is -1.82. The van der Waals surface area contributed by atoms with Gasteiger partial charge in [0.1, 0.15) is 6.54 Å². The van der Waals surface area contributed by atoms with Gasteiger partial charge in [0.2, 0.25) is 5.91 Å². The molecule has 0 spiro atoms. The number of hydrogen-bond acceptors (Lipinski definition) is 6. The van der Waals surface area contributed by atoms with Crippen LogP contribution in [0.1, 0.15) is 109 Å². The van der Waals surface area contributed by atoms with Crippen molar-refractivity contribution in [2.24, 2.45) is 7.05 Å². The van der Waals surface area contributed by atoms with E-state index < -0.39 is 26.6 Å². The molecular formula is C34H53BN4O5Si. The van der Waals surface area contributed by atoms with Crippen molar-refractivity contribution in [3.63, 3.8) is 0 Å². The third-order valence-electron chi connectivity index (χ3n) is 11.7. The molecule has 0 bridgehead atoms. The molecule has 2 aliphatic carbocycles. The molecule has 3 heterocycles. The molecule has 1 aromatic heterocycles. The van der Waals surface area contributed by atoms with Crippen LogP contribution in [0.5, 0.6) is 0 Å². The molecular weight excluding hydrogens is 583 g/mol. The highest BCUT2D eigenvalue weighted by Gasteiger charge is 2.53. The lowest BCUT2D eigenvalue weighted by molar-refractivity contribution is -0.138. The summed E-state index contributed by atoms with van der Waals surface area (Å²) in [5.41, 5.74) is 2.77. The quantitative estimate of drug-likeness (QED) is 0.397. The largest absolute Gasteiger partial charge is 0.497 e. The van der Waals surface area contributed by atoms with Gasteiger partial charge in [-0.3, -0.25) is 9.59 Å². The Bertz CT molecular complexity index is 1470. The maximum absolute atomic E-state index is 13.9. The molecule has 0 atom stereocenters. The molecule has 4 aliphatic rings. The SMILES string of the molecule is Cn1c(C(=O)N2CCN(C3CCC(O[Si](C)(C)C(C)(C)C)CC3)C(=O)C2)nc2c(B3OC(C)(C)C(C)(C)O3)cc(C3CC3)cc21. The Morgan fingerprint density at radius 1 is 1.00 bits per heavy atom. The number of fused-ring (bicyclic) bond motifs is 1. The van der Waals surface area contributed by atoms with E-state index in [1.165, 1.54) is 5.56 Å². The highest BCUT2D eigenvalue weighted by molar-refractivity contribution is 6.74. The van der Waals surface area contributed by atoms with E-state index in [2.05, 4.69) is 46.0 Å². The second kappa shape index (κ2) is 11.2. The number of rotatable bonds is 6. The van der Waals surface area contributed by atoms with Gasteiger partial charge >= 0.3 is 7.12 Å². The summed E-state index contributed by atoms with van der Waals surface area (Å²) in [6, 6.07) is 4.55. The van der Waals surface area contributed by atoms with Gasteiger partial charge in [0.05, 0.1) is 22.2 Å². The Labute approximate surface area is 270 Å². The molecule has 2 saturated carbocycles. The standard InChI is InChI=1S/C34H53BN4O5Si/c1-32(2,3)45(9,10)42-25-15-13-24(14-16-25)39-18-17-38(21-28(39)40)31(41)30-36-29-26(35-43-33(4,5)34(6,7)44-35)19-23(22-11-12-22)20-27(29)37(30)8/h19-20,22,24-25H,11-18,21H2,1-10H3. The van der Waals surface area contributed by atoms with Gasteiger partial charge in [0.15, 0.2) is 14.1 Å². The van der Waals surface area contributed by atoms with Gasteiger partial charge in [0.25, 0.3) is 5.91 Å². The molecule has 6 rings (SSSR count). The van der Waals surface area contributed by atoms with Crippen molar-refractivity contribution >= 4 is 43.7 Å². The van der Waals surface area contributed by atoms with Gasteiger partial charge in [0, 0.05) is 37.7 Å². The van der Waals surface area contributed by atoms with Gasteiger partial charge in [-0.25, -0.2) is 4.98 Å². The lowest BCUT2D eigenvalue weighted by Crippen LogP contribution is -2.56. The van der Waals surface area contributed by atoms with Crippen LogP contribution in [0.3, 0.4) is 0 Å². The van der Waals surface area contributed by atoms with E-state index in [9.17, 15) is 9.59 Å². The van der Waals surface area contributed by atoms with Crippen molar-refractivity contribution in [3.8, 4) is 0 Å². The van der Waals surface area contributed by atoms with Crippen LogP contribution in [0.15, 0.2) is 12.1 Å². The molecule has 1 aromatic carbocycles. The van der Waals surface area contributed by atoms with E-state index in [0.29, 0.717) is 24.8 Å². The second-order valence-electron chi connectivity index (χ2n) is 16.5. The first-order chi connectivity index (χ1) is 20.9. The number of aromatic nitrogens is 2. The maximum Gasteiger partial charge on any atom is 0.497 e. The molecule has 11 heteroatoms. The molecule has 0 N–H and O–H groups in total. The van der Waals surface area contributed by atoms with Crippen molar-refractivity contribution < 1.29 is 23.3 Å². The van der Waals surface area contributed by atoms with Gasteiger partial charge < -0.3 is 28.1 Å². The number of benzene rings is 1. The highest BCUT2D eigenvalue weighted by atomic mass is 28.4. The zero-order valence-corrected chi connectivity index (χ0v) is 30.2. The first-order valence-corrected chi connectivity index (χ1v) is 19.9. The van der Waals surface area contributed by atoms with Crippen molar-refractivity contribution in [1.82, 2.24) is 19.4 Å². The summed E-state index contributed by atoms with van der Waals surface area (Å²) in [6.07, 6.45) is 6.48. The van der Waals surface area contributed by atoms with Crippen molar-refractivity contribution in [2.75, 3.05) is 19.6 Å². The molecule has 246 valence electrons. The molecule has 2 saturated heterocycles. The fourth-order valence-electron chi connectivity index (χ4n) is 6.79. The summed E-state index contributed by atoms with van der Waals surface area (Å²) in [4.78, 5) is 36.0. The van der Waals surface area contributed by atoms with Crippen LogP contribution in [0.4, 0.5) is 0 Å². The van der Waals surface area contributed by atoms with E-state index in [-0.39, 0.29) is 35.5 Å². The van der Waals surface area contributed by atoms with Crippen molar-refractivity contribution in [3.05, 3.63) is 23.5 Å². The number of amides is 2. The predicted octanol–water partition coefficient (Wildman–Crippen LogP) is 5.37. The zero-order valence-electron chi connectivity index (χ0n) is 29.2. The van der Waals surface area contributed by atoms with E-state index >= 15 is 0 Å². The Balaban J connectivity index is 1.16. The molecule has 45 heavy (non-hydrogen) atoms. The summed E-state index contributed by atoms with van der Waals surface area (Å²) in [5.74, 6) is 0.682. The molecule has 2 aromatic rings. The Morgan fingerprint density at radius 2 is 1.62 bits per heavy atom. The topological polar surface area (TPSA) is 86.1 Å². The molecule has 9 nitrogen and oxygen atoms in total. The average molecular weight is 637 g/mol. The number of carbonyl (C=O) groups excluding carboxylic acids is 2. The van der Waals surface area contributed by atoms with E-state index in [1.807, 2.05) is 44.2 Å². The smallest absolute Gasteiger partial charge is 0.414 e. The number of aryl methyl sites for hydroxylation is 1. The van der Waals surface area contributed by atoms with Crippen LogP contribution in [0, 0.1) is 0 Å². The van der Waals surface area contributed by atoms with Crippen LogP contribution < -0.4 is 5.46 Å². The molecule has 2 aliphatic heterocycles. The van der Waals surface area contributed by atoms with Gasteiger partial charge in [-0.1, -0.05) is 26.8 Å². The third-order valence-corrected chi connectivity index (χ3v) is 16.2. The number of imidazole rings is 1. The van der Waals surface area contributed by atoms with E-state index in [0.717, 1.165) is 55.0 Å². The zero-order chi connectivity index (χ0) is 32.7. The minimum Gasteiger partial charge on any atom is -0.414 e. The van der Waals surface area contributed by atoms with Crippen molar-refractivity contribution in [2.45, 2.75) is 134 Å². The Hall–Kier alpha value is -2.21. The summed E-state index contributed by atoms with van der Waals surface area (Å²) in [5, 5.41) is 0.189. The van der Waals surface area contributed by atoms with Crippen LogP contribution in [-0.4, -0.2) is 89.6 Å². The van der Waals surface area contributed by atoms with Gasteiger partial charge in [-0.2, -0.15) is 0 Å². The monoisotopic (exact) mass is 636 g/mol. The van der Waals surface area contributed by atoms with Crippen molar-refractivity contribution in [1.29, 1.82) is 0 Å². The number of hydrogen-bond donors (Lipinski definition) is 0. The molecule has 4 fully saturated rings. The summed E-state index contributed by atoms with van der Waals surface area (Å²) >= 11 is 0. The number of nitrogens with zero attached hydrogens (tertiary/aromatic N) is 4. The van der Waals surface area contributed by atoms with Crippen LogP contribution >= 0.6 is 0 Å². The normalized spacial score (nSPS) is 25.8. The summed E-state index contributed by atoms with van der Waals surface area (Å²) < 4.78 is 21.5. The lowest BCUT2D eigenvalue weighted by atomic mass is 9.77. The highest BCUT2D eigenvalue weighted by Crippen LogP contribution is 2.42. The lowest BCUT2D eigenvalue weighted by Gasteiger charge is -2.44. The van der Waals surface area contributed by atoms with E-state index in [4.69, 9.17) is 18.7 Å². The van der Waals surface area contributed by atoms with Gasteiger partial charge in [-0.15, -0.1) is 0 Å². The first kappa shape index (κ1) is 32.7. The molecule has 0 unspecified atom stereocenters. The third kappa shape index (κ3) is 6.03. The Kier molecular flexibility index (Phi) is 8.15. The number of carbonyl (C=O) groups is 2. The molecule has 0 radical (unpaired) electrons. The molecule has 2 amide bonds. The van der Waals surface area contributed by atoms with Crippen LogP contribution in [-0.2, 0) is 25.6 Å². The first-order valence-electron chi connectivity index (χ1n) is 17.0. The second-order valence-corrected chi connectivity index (χ2v) is 21.2. The summed E-state index contributed by atoms with van der Waals surface area (Å²) in [7, 11) is -0.485. The number of piperazine rings is 1. The van der Waals surface area contributed by atoms with E-state index in [1.54, 1.807) is 4.90 Å². The fraction of sp³-hybridized carbons (Fsp3) is 0.735. The summed E-state index contributed by atoms with van der Waals surface area (Å²) in [6.45, 7) is 20.8. The minimum absolute atomic E-state index is 0.0241. The fourth-order valence-corrected chi connectivity index (χ4v) is 8.21. The Morgan fingerprint density at radius 3 is 2.18 bits per heavy atom. The van der Waals surface area contributed by atoms with Crippen LogP contribution in [0.25, 0.3) is 11.0 Å². The average Bonchev–Trinajstić information content (AvgIpc) is 3.70. The maximum atomic E-state index is 13.9. The van der Waals surface area contributed by atoms with Crippen LogP contribution in [0.2, 0.25) is 18.1 Å².